The van der Waals surface area contributed by atoms with E-state index in [2.05, 4.69) is 20.8 Å². The smallest absolute Gasteiger partial charge is 0.116 e. The van der Waals surface area contributed by atoms with Crippen LogP contribution < -0.4 is 0 Å². The van der Waals surface area contributed by atoms with Crippen molar-refractivity contribution in [2.24, 2.45) is 0 Å². The van der Waals surface area contributed by atoms with E-state index in [1.54, 1.807) is 6.08 Å². The highest BCUT2D eigenvalue weighted by atomic mass is 16.6. The van der Waals surface area contributed by atoms with Crippen LogP contribution in [0.15, 0.2) is 12.2 Å². The molecule has 0 bridgehead atoms. The fraction of sp³-hybridized carbons (Fsp3) is 0.889. The van der Waals surface area contributed by atoms with Crippen molar-refractivity contribution in [3.8, 4) is 0 Å². The van der Waals surface area contributed by atoms with Crippen LogP contribution >= 0.6 is 0 Å². The Morgan fingerprint density at radius 1 is 0.727 bits per heavy atom. The maximum absolute atomic E-state index is 10.2. The van der Waals surface area contributed by atoms with Crippen molar-refractivity contribution in [3.05, 3.63) is 12.2 Å². The zero-order valence-corrected chi connectivity index (χ0v) is 14.5. The van der Waals surface area contributed by atoms with Gasteiger partial charge in [-0.15, -0.1) is 0 Å². The van der Waals surface area contributed by atoms with E-state index in [-0.39, 0.29) is 18.3 Å². The summed E-state index contributed by atoms with van der Waals surface area (Å²) in [5.74, 6) is 0. The molecule has 0 aliphatic heterocycles. The normalized spacial score (nSPS) is 28.2. The molecule has 130 valence electrons. The molecule has 4 nitrogen and oxygen atoms in total. The SMILES string of the molecule is CCCCOC1C=CC(O)[C@@H](OCCCC)C1OCCCC. The van der Waals surface area contributed by atoms with Gasteiger partial charge >= 0.3 is 0 Å². The monoisotopic (exact) mass is 314 g/mol. The van der Waals surface area contributed by atoms with Crippen molar-refractivity contribution in [1.29, 1.82) is 0 Å². The summed E-state index contributed by atoms with van der Waals surface area (Å²) in [5.41, 5.74) is 0. The van der Waals surface area contributed by atoms with E-state index in [0.717, 1.165) is 45.1 Å². The fourth-order valence-corrected chi connectivity index (χ4v) is 2.45. The maximum Gasteiger partial charge on any atom is 0.116 e. The first-order valence-corrected chi connectivity index (χ1v) is 8.95. The topological polar surface area (TPSA) is 47.9 Å². The Morgan fingerprint density at radius 3 is 1.77 bits per heavy atom. The lowest BCUT2D eigenvalue weighted by atomic mass is 9.95. The third kappa shape index (κ3) is 6.78. The van der Waals surface area contributed by atoms with Gasteiger partial charge in [0.15, 0.2) is 0 Å². The highest BCUT2D eigenvalue weighted by molar-refractivity contribution is 5.09. The summed E-state index contributed by atoms with van der Waals surface area (Å²) in [6, 6.07) is 0. The lowest BCUT2D eigenvalue weighted by Gasteiger charge is -2.37. The Labute approximate surface area is 135 Å². The minimum atomic E-state index is -0.616. The number of aliphatic hydroxyl groups is 1. The van der Waals surface area contributed by atoms with Crippen LogP contribution in [-0.2, 0) is 14.2 Å². The summed E-state index contributed by atoms with van der Waals surface area (Å²) in [6.07, 6.45) is 8.74. The number of rotatable bonds is 12. The van der Waals surface area contributed by atoms with Gasteiger partial charge in [0.1, 0.15) is 24.4 Å². The fourth-order valence-electron chi connectivity index (χ4n) is 2.45. The largest absolute Gasteiger partial charge is 0.386 e. The summed E-state index contributed by atoms with van der Waals surface area (Å²) in [4.78, 5) is 0. The predicted molar refractivity (Wildman–Crippen MR) is 89.1 cm³/mol. The molecule has 1 aliphatic carbocycles. The third-order valence-corrected chi connectivity index (χ3v) is 3.91. The molecule has 4 atom stereocenters. The van der Waals surface area contributed by atoms with Gasteiger partial charge in [-0.05, 0) is 19.3 Å². The second-order valence-electron chi connectivity index (χ2n) is 5.94. The van der Waals surface area contributed by atoms with E-state index in [9.17, 15) is 5.11 Å². The highest BCUT2D eigenvalue weighted by Crippen LogP contribution is 2.23. The standard InChI is InChI=1S/C18H34O4/c1-4-7-12-20-16-11-10-15(19)17(21-13-8-5-2)18(16)22-14-9-6-3/h10-11,15-19H,4-9,12-14H2,1-3H3/t15?,16?,17-,18?/m1/s1. The Morgan fingerprint density at radius 2 is 1.23 bits per heavy atom. The Balaban J connectivity index is 2.64. The van der Waals surface area contributed by atoms with Crippen LogP contribution in [0.1, 0.15) is 59.3 Å². The van der Waals surface area contributed by atoms with Crippen LogP contribution in [0.4, 0.5) is 0 Å². The van der Waals surface area contributed by atoms with Crippen LogP contribution in [0.5, 0.6) is 0 Å². The summed E-state index contributed by atoms with van der Waals surface area (Å²) in [6.45, 7) is 8.48. The second kappa shape index (κ2) is 12.1. The first-order chi connectivity index (χ1) is 10.7. The maximum atomic E-state index is 10.2. The van der Waals surface area contributed by atoms with Gasteiger partial charge < -0.3 is 19.3 Å². The molecule has 3 unspecified atom stereocenters. The van der Waals surface area contributed by atoms with Crippen molar-refractivity contribution in [1.82, 2.24) is 0 Å². The van der Waals surface area contributed by atoms with Crippen molar-refractivity contribution < 1.29 is 19.3 Å². The van der Waals surface area contributed by atoms with E-state index in [1.807, 2.05) is 6.08 Å². The van der Waals surface area contributed by atoms with E-state index in [1.165, 1.54) is 0 Å². The summed E-state index contributed by atoms with van der Waals surface area (Å²) in [5, 5.41) is 10.2. The average molecular weight is 314 g/mol. The van der Waals surface area contributed by atoms with Crippen molar-refractivity contribution >= 4 is 0 Å². The molecule has 0 aromatic carbocycles. The van der Waals surface area contributed by atoms with Gasteiger partial charge in [-0.25, -0.2) is 0 Å². The molecular formula is C18H34O4. The third-order valence-electron chi connectivity index (χ3n) is 3.91. The number of hydrogen-bond acceptors (Lipinski definition) is 4. The van der Waals surface area contributed by atoms with E-state index in [4.69, 9.17) is 14.2 Å². The van der Waals surface area contributed by atoms with Crippen LogP contribution in [0.25, 0.3) is 0 Å². The Kier molecular flexibility index (Phi) is 10.8. The van der Waals surface area contributed by atoms with E-state index >= 15 is 0 Å². The van der Waals surface area contributed by atoms with Gasteiger partial charge in [0.2, 0.25) is 0 Å². The lowest BCUT2D eigenvalue weighted by molar-refractivity contribution is -0.157. The van der Waals surface area contributed by atoms with Gasteiger partial charge in [0.05, 0.1) is 0 Å². The zero-order valence-electron chi connectivity index (χ0n) is 14.5. The van der Waals surface area contributed by atoms with Crippen LogP contribution in [0, 0.1) is 0 Å². The van der Waals surface area contributed by atoms with Crippen molar-refractivity contribution in [2.75, 3.05) is 19.8 Å². The van der Waals surface area contributed by atoms with Gasteiger partial charge in [0, 0.05) is 19.8 Å². The zero-order chi connectivity index (χ0) is 16.2. The molecule has 0 amide bonds. The molecule has 0 fully saturated rings. The molecule has 0 radical (unpaired) electrons. The summed E-state index contributed by atoms with van der Waals surface area (Å²) < 4.78 is 17.9. The molecule has 0 aromatic heterocycles. The molecule has 1 aliphatic rings. The number of hydrogen-bond donors (Lipinski definition) is 1. The lowest BCUT2D eigenvalue weighted by Crippen LogP contribution is -2.50. The van der Waals surface area contributed by atoms with Crippen molar-refractivity contribution in [2.45, 2.75) is 83.7 Å². The quantitative estimate of drug-likeness (QED) is 0.442. The van der Waals surface area contributed by atoms with E-state index in [0.29, 0.717) is 13.2 Å². The van der Waals surface area contributed by atoms with Crippen LogP contribution in [0.3, 0.4) is 0 Å². The first kappa shape index (κ1) is 19.6. The molecule has 0 heterocycles. The predicted octanol–water partition coefficient (Wildman–Crippen LogP) is 3.47. The highest BCUT2D eigenvalue weighted by Gasteiger charge is 2.37. The molecule has 0 spiro atoms. The van der Waals surface area contributed by atoms with Crippen LogP contribution in [0.2, 0.25) is 0 Å². The molecule has 0 saturated carbocycles. The van der Waals surface area contributed by atoms with Crippen LogP contribution in [-0.4, -0.2) is 49.3 Å². The number of unbranched alkanes of at least 4 members (excludes halogenated alkanes) is 3. The summed E-state index contributed by atoms with van der Waals surface area (Å²) in [7, 11) is 0. The van der Waals surface area contributed by atoms with E-state index < -0.39 is 6.10 Å². The molecule has 1 rings (SSSR count). The number of ether oxygens (including phenoxy) is 3. The molecular weight excluding hydrogens is 280 g/mol. The average Bonchev–Trinajstić information content (AvgIpc) is 2.52. The molecule has 1 N–H and O–H groups in total. The first-order valence-electron chi connectivity index (χ1n) is 8.95. The Bertz CT molecular complexity index is 293. The Hall–Kier alpha value is -0.420. The second-order valence-corrected chi connectivity index (χ2v) is 5.94. The van der Waals surface area contributed by atoms with Gasteiger partial charge in [0.25, 0.3) is 0 Å². The molecule has 22 heavy (non-hydrogen) atoms. The molecule has 0 saturated heterocycles. The molecule has 0 aromatic rings. The van der Waals surface area contributed by atoms with Gasteiger partial charge in [-0.1, -0.05) is 52.2 Å². The van der Waals surface area contributed by atoms with Gasteiger partial charge in [-0.3, -0.25) is 0 Å². The molecule has 4 heteroatoms. The van der Waals surface area contributed by atoms with Gasteiger partial charge in [-0.2, -0.15) is 0 Å². The minimum Gasteiger partial charge on any atom is -0.386 e. The number of aliphatic hydroxyl groups excluding tert-OH is 1. The minimum absolute atomic E-state index is 0.126. The van der Waals surface area contributed by atoms with Crippen molar-refractivity contribution in [3.63, 3.8) is 0 Å². The summed E-state index contributed by atoms with van der Waals surface area (Å²) >= 11 is 0.